The van der Waals surface area contributed by atoms with Crippen LogP contribution in [-0.4, -0.2) is 55.0 Å². The van der Waals surface area contributed by atoms with Gasteiger partial charge < -0.3 is 20.1 Å². The summed E-state index contributed by atoms with van der Waals surface area (Å²) in [5.41, 5.74) is 0.564. The number of aromatic hydroxyl groups is 1. The summed E-state index contributed by atoms with van der Waals surface area (Å²) >= 11 is 6.06. The molecule has 8 nitrogen and oxygen atoms in total. The smallest absolute Gasteiger partial charge is 0.326 e. The lowest BCUT2D eigenvalue weighted by atomic mass is 10.1. The van der Waals surface area contributed by atoms with Crippen LogP contribution < -0.4 is 4.74 Å². The van der Waals surface area contributed by atoms with Crippen molar-refractivity contribution in [2.24, 2.45) is 0 Å². The SMILES string of the molecule is CCOc1cc(C=C2SC(=S)N(C(CCC(=O)O)C(=O)O)C2=O)ccc1O. The van der Waals surface area contributed by atoms with E-state index in [0.717, 1.165) is 16.7 Å². The summed E-state index contributed by atoms with van der Waals surface area (Å²) < 4.78 is 5.34. The van der Waals surface area contributed by atoms with E-state index in [-0.39, 0.29) is 27.1 Å². The fourth-order valence-corrected chi connectivity index (χ4v) is 3.77. The molecule has 1 aliphatic heterocycles. The highest BCUT2D eigenvalue weighted by Gasteiger charge is 2.40. The van der Waals surface area contributed by atoms with Gasteiger partial charge in [0.25, 0.3) is 5.91 Å². The number of aliphatic carboxylic acids is 2. The van der Waals surface area contributed by atoms with Gasteiger partial charge in [0, 0.05) is 6.42 Å². The third-order valence-electron chi connectivity index (χ3n) is 3.63. The third kappa shape index (κ3) is 4.98. The van der Waals surface area contributed by atoms with Gasteiger partial charge in [0.2, 0.25) is 0 Å². The van der Waals surface area contributed by atoms with E-state index in [4.69, 9.17) is 22.1 Å². The predicted molar refractivity (Wildman–Crippen MR) is 103 cm³/mol. The second kappa shape index (κ2) is 8.87. The first-order chi connectivity index (χ1) is 12.7. The van der Waals surface area contributed by atoms with Crippen LogP contribution in [0, 0.1) is 0 Å². The number of hydrogen-bond acceptors (Lipinski definition) is 7. The van der Waals surface area contributed by atoms with E-state index in [9.17, 15) is 24.6 Å². The molecule has 1 aromatic rings. The van der Waals surface area contributed by atoms with Gasteiger partial charge in [-0.25, -0.2) is 4.79 Å². The summed E-state index contributed by atoms with van der Waals surface area (Å²) in [6.07, 6.45) is 0.859. The van der Waals surface area contributed by atoms with Crippen LogP contribution in [0.4, 0.5) is 0 Å². The van der Waals surface area contributed by atoms with Crippen molar-refractivity contribution in [3.8, 4) is 11.5 Å². The first-order valence-corrected chi connectivity index (χ1v) is 9.14. The van der Waals surface area contributed by atoms with Crippen LogP contribution in [0.15, 0.2) is 23.1 Å². The number of ether oxygens (including phenoxy) is 1. The molecule has 1 fully saturated rings. The van der Waals surface area contributed by atoms with Crippen LogP contribution in [0.1, 0.15) is 25.3 Å². The van der Waals surface area contributed by atoms with Gasteiger partial charge in [0.1, 0.15) is 10.4 Å². The molecule has 1 saturated heterocycles. The highest BCUT2D eigenvalue weighted by molar-refractivity contribution is 8.26. The van der Waals surface area contributed by atoms with Crippen LogP contribution in [0.25, 0.3) is 6.08 Å². The summed E-state index contributed by atoms with van der Waals surface area (Å²) in [5.74, 6) is -2.87. The van der Waals surface area contributed by atoms with Crippen molar-refractivity contribution < 1.29 is 34.4 Å². The molecule has 144 valence electrons. The maximum atomic E-state index is 12.6. The number of phenolic OH excluding ortho intramolecular Hbond substituents is 1. The quantitative estimate of drug-likeness (QED) is 0.436. The number of carboxylic acids is 2. The molecule has 2 rings (SSSR count). The monoisotopic (exact) mass is 411 g/mol. The predicted octanol–water partition coefficient (Wildman–Crippen LogP) is 2.31. The van der Waals surface area contributed by atoms with Gasteiger partial charge in [-0.05, 0) is 37.1 Å². The van der Waals surface area contributed by atoms with Gasteiger partial charge in [0.05, 0.1) is 11.5 Å². The number of thioether (sulfide) groups is 1. The minimum atomic E-state index is -1.35. The van der Waals surface area contributed by atoms with Crippen molar-refractivity contribution >= 4 is 52.2 Å². The van der Waals surface area contributed by atoms with E-state index in [2.05, 4.69) is 0 Å². The normalized spacial score (nSPS) is 16.6. The third-order valence-corrected chi connectivity index (χ3v) is 4.96. The highest BCUT2D eigenvalue weighted by atomic mass is 32.2. The van der Waals surface area contributed by atoms with E-state index in [0.29, 0.717) is 12.2 Å². The minimum absolute atomic E-state index is 0.0406. The number of carbonyl (C=O) groups is 3. The lowest BCUT2D eigenvalue weighted by Gasteiger charge is -2.22. The molecule has 1 atom stereocenters. The Hall–Kier alpha value is -2.59. The molecule has 1 amide bonds. The Morgan fingerprint density at radius 3 is 2.67 bits per heavy atom. The number of amides is 1. The van der Waals surface area contributed by atoms with Gasteiger partial charge in [0.15, 0.2) is 11.5 Å². The zero-order chi connectivity index (χ0) is 20.1. The van der Waals surface area contributed by atoms with Crippen molar-refractivity contribution in [1.29, 1.82) is 0 Å². The van der Waals surface area contributed by atoms with Gasteiger partial charge in [-0.3, -0.25) is 14.5 Å². The van der Waals surface area contributed by atoms with Gasteiger partial charge in [-0.2, -0.15) is 0 Å². The number of carbonyl (C=O) groups excluding carboxylic acids is 1. The number of benzene rings is 1. The molecule has 1 unspecified atom stereocenters. The Bertz CT molecular complexity index is 821. The molecule has 0 aliphatic carbocycles. The Kier molecular flexibility index (Phi) is 6.81. The molecule has 0 aromatic heterocycles. The Morgan fingerprint density at radius 1 is 1.37 bits per heavy atom. The molecule has 3 N–H and O–H groups in total. The topological polar surface area (TPSA) is 124 Å². The van der Waals surface area contributed by atoms with Crippen molar-refractivity contribution in [2.45, 2.75) is 25.8 Å². The van der Waals surface area contributed by atoms with Gasteiger partial charge in [-0.1, -0.05) is 30.0 Å². The lowest BCUT2D eigenvalue weighted by molar-refractivity contribution is -0.146. The second-order valence-corrected chi connectivity index (χ2v) is 7.17. The van der Waals surface area contributed by atoms with E-state index in [1.165, 1.54) is 12.1 Å². The van der Waals surface area contributed by atoms with Crippen molar-refractivity contribution in [3.63, 3.8) is 0 Å². The summed E-state index contributed by atoms with van der Waals surface area (Å²) in [7, 11) is 0. The Balaban J connectivity index is 2.28. The molecule has 0 radical (unpaired) electrons. The number of phenols is 1. The molecule has 1 aliphatic rings. The molecule has 0 bridgehead atoms. The average molecular weight is 411 g/mol. The Labute approximate surface area is 164 Å². The molecule has 10 heteroatoms. The lowest BCUT2D eigenvalue weighted by Crippen LogP contribution is -2.44. The first kappa shape index (κ1) is 20.7. The van der Waals surface area contributed by atoms with Crippen molar-refractivity contribution in [2.75, 3.05) is 6.61 Å². The van der Waals surface area contributed by atoms with Crippen LogP contribution in [0.5, 0.6) is 11.5 Å². The van der Waals surface area contributed by atoms with Crippen LogP contribution in [0.2, 0.25) is 0 Å². The summed E-state index contributed by atoms with van der Waals surface area (Å²) in [4.78, 5) is 36.0. The molecule has 0 spiro atoms. The van der Waals surface area contributed by atoms with E-state index in [1.54, 1.807) is 19.1 Å². The molecular weight excluding hydrogens is 394 g/mol. The molecule has 27 heavy (non-hydrogen) atoms. The maximum absolute atomic E-state index is 12.6. The van der Waals surface area contributed by atoms with Crippen LogP contribution in [-0.2, 0) is 14.4 Å². The van der Waals surface area contributed by atoms with E-state index < -0.39 is 30.3 Å². The summed E-state index contributed by atoms with van der Waals surface area (Å²) in [6, 6.07) is 3.19. The zero-order valence-electron chi connectivity index (χ0n) is 14.2. The van der Waals surface area contributed by atoms with Crippen LogP contribution in [0.3, 0.4) is 0 Å². The molecular formula is C17H17NO7S2. The zero-order valence-corrected chi connectivity index (χ0v) is 15.9. The highest BCUT2D eigenvalue weighted by Crippen LogP contribution is 2.36. The molecule has 1 heterocycles. The van der Waals surface area contributed by atoms with E-state index >= 15 is 0 Å². The van der Waals surface area contributed by atoms with Gasteiger partial charge >= 0.3 is 11.9 Å². The fraction of sp³-hybridized carbons (Fsp3) is 0.294. The van der Waals surface area contributed by atoms with Crippen molar-refractivity contribution in [3.05, 3.63) is 28.7 Å². The molecule has 0 saturated carbocycles. The average Bonchev–Trinajstić information content (AvgIpc) is 2.85. The van der Waals surface area contributed by atoms with Crippen LogP contribution >= 0.6 is 24.0 Å². The maximum Gasteiger partial charge on any atom is 0.326 e. The summed E-state index contributed by atoms with van der Waals surface area (Å²) in [6.45, 7) is 2.11. The standard InChI is InChI=1S/C17H17NO7S2/c1-2-25-12-7-9(3-5-11(12)19)8-13-15(22)18(17(26)27-13)10(16(23)24)4-6-14(20)21/h3,5,7-8,10,19H,2,4,6H2,1H3,(H,20,21)(H,23,24). The number of rotatable bonds is 8. The first-order valence-electron chi connectivity index (χ1n) is 7.92. The number of thiocarbonyl (C=S) groups is 1. The Morgan fingerprint density at radius 2 is 2.07 bits per heavy atom. The summed E-state index contributed by atoms with van der Waals surface area (Å²) in [5, 5.41) is 27.9. The largest absolute Gasteiger partial charge is 0.504 e. The number of nitrogens with zero attached hydrogens (tertiary/aromatic N) is 1. The second-order valence-electron chi connectivity index (χ2n) is 5.50. The fourth-order valence-electron chi connectivity index (χ4n) is 2.41. The number of hydrogen-bond donors (Lipinski definition) is 3. The van der Waals surface area contributed by atoms with Crippen molar-refractivity contribution in [1.82, 2.24) is 4.90 Å². The molecule has 1 aromatic carbocycles. The van der Waals surface area contributed by atoms with E-state index in [1.807, 2.05) is 0 Å². The number of carboxylic acid groups (broad SMARTS) is 2. The van der Waals surface area contributed by atoms with Gasteiger partial charge in [-0.15, -0.1) is 0 Å². The minimum Gasteiger partial charge on any atom is -0.504 e.